The van der Waals surface area contributed by atoms with Crippen molar-refractivity contribution in [2.75, 3.05) is 12.4 Å². The van der Waals surface area contributed by atoms with Gasteiger partial charge in [0, 0.05) is 29.1 Å². The molecule has 2 unspecified atom stereocenters. The summed E-state index contributed by atoms with van der Waals surface area (Å²) in [4.78, 5) is 18.3. The molecular formula is C30H32FN5O. The Kier molecular flexibility index (Phi) is 8.23. The van der Waals surface area contributed by atoms with Gasteiger partial charge in [-0.3, -0.25) is 9.98 Å². The molecule has 0 spiro atoms. The Bertz CT molecular complexity index is 1420. The molecule has 1 N–H and O–H groups in total. The largest absolute Gasteiger partial charge is 0.494 e. The number of ether oxygens (including phenoxy) is 1. The summed E-state index contributed by atoms with van der Waals surface area (Å²) in [6.45, 7) is 8.44. The van der Waals surface area contributed by atoms with E-state index in [0.717, 1.165) is 39.9 Å². The molecule has 0 saturated carbocycles. The van der Waals surface area contributed by atoms with E-state index in [1.165, 1.54) is 18.5 Å². The van der Waals surface area contributed by atoms with Gasteiger partial charge >= 0.3 is 0 Å². The van der Waals surface area contributed by atoms with Crippen molar-refractivity contribution in [1.29, 1.82) is 0 Å². The quantitative estimate of drug-likeness (QED) is 0.248. The number of allylic oxidation sites excluding steroid dienone is 1. The highest BCUT2D eigenvalue weighted by Gasteiger charge is 2.20. The molecule has 2 aromatic heterocycles. The van der Waals surface area contributed by atoms with Crippen molar-refractivity contribution in [3.63, 3.8) is 0 Å². The fourth-order valence-electron chi connectivity index (χ4n) is 4.29. The third-order valence-electron chi connectivity index (χ3n) is 6.51. The van der Waals surface area contributed by atoms with Gasteiger partial charge in [-0.2, -0.15) is 0 Å². The topological polar surface area (TPSA) is 72.3 Å². The summed E-state index contributed by atoms with van der Waals surface area (Å²) in [6, 6.07) is 14.1. The number of halogens is 1. The molecule has 0 radical (unpaired) electrons. The number of rotatable bonds is 9. The zero-order valence-electron chi connectivity index (χ0n) is 21.9. The van der Waals surface area contributed by atoms with E-state index < -0.39 is 0 Å². The van der Waals surface area contributed by atoms with Crippen molar-refractivity contribution in [3.05, 3.63) is 84.7 Å². The number of anilines is 1. The first kappa shape index (κ1) is 25.9. The van der Waals surface area contributed by atoms with Crippen molar-refractivity contribution in [1.82, 2.24) is 15.0 Å². The molecular weight excluding hydrogens is 465 g/mol. The Hall–Kier alpha value is -4.13. The number of benzene rings is 2. The third-order valence-corrected chi connectivity index (χ3v) is 6.51. The molecule has 2 heterocycles. The molecule has 6 nitrogen and oxygen atoms in total. The highest BCUT2D eigenvalue weighted by molar-refractivity contribution is 6.00. The number of fused-ring (bicyclic) bond motifs is 1. The second kappa shape index (κ2) is 11.7. The summed E-state index contributed by atoms with van der Waals surface area (Å²) in [5, 5.41) is 4.40. The molecule has 2 aromatic carbocycles. The Balaban J connectivity index is 1.76. The molecule has 2 atom stereocenters. The minimum absolute atomic E-state index is 0.106. The van der Waals surface area contributed by atoms with Gasteiger partial charge in [0.25, 0.3) is 0 Å². The highest BCUT2D eigenvalue weighted by Crippen LogP contribution is 2.34. The maximum Gasteiger partial charge on any atom is 0.145 e. The van der Waals surface area contributed by atoms with Gasteiger partial charge in [-0.15, -0.1) is 0 Å². The summed E-state index contributed by atoms with van der Waals surface area (Å²) in [5.74, 6) is 1.28. The minimum Gasteiger partial charge on any atom is -0.494 e. The number of hydrogen-bond acceptors (Lipinski definition) is 6. The predicted octanol–water partition coefficient (Wildman–Crippen LogP) is 7.19. The molecule has 0 fully saturated rings. The Labute approximate surface area is 217 Å². The third kappa shape index (κ3) is 5.82. The number of pyridine rings is 1. The van der Waals surface area contributed by atoms with Crippen LogP contribution < -0.4 is 10.1 Å². The average molecular weight is 498 g/mol. The first-order valence-electron chi connectivity index (χ1n) is 12.5. The predicted molar refractivity (Wildman–Crippen MR) is 149 cm³/mol. The van der Waals surface area contributed by atoms with Crippen molar-refractivity contribution in [2.45, 2.75) is 40.2 Å². The molecule has 0 aliphatic rings. The lowest BCUT2D eigenvalue weighted by Crippen LogP contribution is -2.31. The van der Waals surface area contributed by atoms with Gasteiger partial charge in [0.1, 0.15) is 29.2 Å². The van der Waals surface area contributed by atoms with Crippen LogP contribution in [0.4, 0.5) is 10.2 Å². The Morgan fingerprint density at radius 2 is 1.78 bits per heavy atom. The normalized spacial score (nSPS) is 13.9. The van der Waals surface area contributed by atoms with Gasteiger partial charge in [-0.25, -0.2) is 14.4 Å². The van der Waals surface area contributed by atoms with Crippen LogP contribution in [0.15, 0.2) is 78.3 Å². The van der Waals surface area contributed by atoms with Gasteiger partial charge < -0.3 is 10.1 Å². The molecule has 0 aliphatic carbocycles. The van der Waals surface area contributed by atoms with Crippen LogP contribution >= 0.6 is 0 Å². The van der Waals surface area contributed by atoms with Crippen LogP contribution in [0.3, 0.4) is 0 Å². The van der Waals surface area contributed by atoms with E-state index in [1.807, 2.05) is 37.3 Å². The molecule has 4 aromatic rings. The summed E-state index contributed by atoms with van der Waals surface area (Å²) in [6.07, 6.45) is 8.05. The lowest BCUT2D eigenvalue weighted by atomic mass is 9.96. The van der Waals surface area contributed by atoms with E-state index in [1.54, 1.807) is 31.6 Å². The number of aliphatic imine (C=N–C) groups is 1. The van der Waals surface area contributed by atoms with Crippen LogP contribution in [0, 0.1) is 11.7 Å². The molecule has 0 saturated heterocycles. The first-order valence-corrected chi connectivity index (χ1v) is 12.5. The van der Waals surface area contributed by atoms with Crippen LogP contribution in [0.1, 0.15) is 39.7 Å². The number of aromatic nitrogens is 3. The zero-order valence-corrected chi connectivity index (χ0v) is 21.9. The lowest BCUT2D eigenvalue weighted by Gasteiger charge is -2.23. The van der Waals surface area contributed by atoms with E-state index in [9.17, 15) is 4.39 Å². The smallest absolute Gasteiger partial charge is 0.145 e. The second-order valence-corrected chi connectivity index (χ2v) is 8.93. The fraction of sp³-hybridized carbons (Fsp3) is 0.267. The van der Waals surface area contributed by atoms with Crippen LogP contribution in [-0.2, 0) is 0 Å². The van der Waals surface area contributed by atoms with Gasteiger partial charge in [0.15, 0.2) is 0 Å². The van der Waals surface area contributed by atoms with E-state index in [2.05, 4.69) is 41.0 Å². The zero-order chi connectivity index (χ0) is 26.4. The molecule has 190 valence electrons. The van der Waals surface area contributed by atoms with Crippen LogP contribution in [-0.4, -0.2) is 33.8 Å². The number of methoxy groups -OCH3 is 1. The lowest BCUT2D eigenvalue weighted by molar-refractivity contribution is 0.419. The molecule has 0 amide bonds. The summed E-state index contributed by atoms with van der Waals surface area (Å²) < 4.78 is 19.2. The Morgan fingerprint density at radius 1 is 1.05 bits per heavy atom. The monoisotopic (exact) mass is 497 g/mol. The molecule has 0 bridgehead atoms. The highest BCUT2D eigenvalue weighted by atomic mass is 19.1. The van der Waals surface area contributed by atoms with Crippen LogP contribution in [0.25, 0.3) is 27.7 Å². The average Bonchev–Trinajstić information content (AvgIpc) is 2.93. The van der Waals surface area contributed by atoms with Gasteiger partial charge in [0.2, 0.25) is 0 Å². The van der Waals surface area contributed by atoms with Gasteiger partial charge in [-0.05, 0) is 73.7 Å². The van der Waals surface area contributed by atoms with Crippen molar-refractivity contribution >= 4 is 28.1 Å². The molecule has 7 heteroatoms. The maximum atomic E-state index is 13.5. The molecule has 0 aliphatic heterocycles. The summed E-state index contributed by atoms with van der Waals surface area (Å²) in [5.41, 5.74) is 5.42. The number of hydrogen-bond donors (Lipinski definition) is 1. The maximum absolute atomic E-state index is 13.5. The van der Waals surface area contributed by atoms with Gasteiger partial charge in [0.05, 0.1) is 18.8 Å². The van der Waals surface area contributed by atoms with Crippen molar-refractivity contribution in [3.8, 4) is 16.9 Å². The van der Waals surface area contributed by atoms with Crippen LogP contribution in [0.5, 0.6) is 5.75 Å². The van der Waals surface area contributed by atoms with E-state index in [0.29, 0.717) is 17.1 Å². The SMILES string of the molecule is C/C=C(\N=C(C(C)CC)C(C)Nc1ncnc2c(OC)cc(-c3ccc(F)cc3)cc12)c1ccncc1. The molecule has 37 heavy (non-hydrogen) atoms. The van der Waals surface area contributed by atoms with E-state index in [4.69, 9.17) is 9.73 Å². The standard InChI is InChI=1S/C30H32FN5O/c1-6-19(3)28(36-26(7-2)22-12-14-32-15-13-22)20(4)35-30-25-16-23(21-8-10-24(31)11-9-21)17-27(37-5)29(25)33-18-34-30/h7-20H,6H2,1-5H3,(H,33,34,35)/b26-7-,36-28?. The molecule has 4 rings (SSSR count). The summed E-state index contributed by atoms with van der Waals surface area (Å²) >= 11 is 0. The minimum atomic E-state index is -0.278. The summed E-state index contributed by atoms with van der Waals surface area (Å²) in [7, 11) is 1.62. The van der Waals surface area contributed by atoms with Crippen molar-refractivity contribution in [2.24, 2.45) is 10.9 Å². The second-order valence-electron chi connectivity index (χ2n) is 8.93. The number of nitrogens with one attached hydrogen (secondary N) is 1. The van der Waals surface area contributed by atoms with E-state index in [-0.39, 0.29) is 17.8 Å². The van der Waals surface area contributed by atoms with Crippen LogP contribution in [0.2, 0.25) is 0 Å². The fourth-order valence-corrected chi connectivity index (χ4v) is 4.29. The van der Waals surface area contributed by atoms with Crippen molar-refractivity contribution < 1.29 is 9.13 Å². The first-order chi connectivity index (χ1) is 17.9. The van der Waals surface area contributed by atoms with E-state index >= 15 is 0 Å². The van der Waals surface area contributed by atoms with Gasteiger partial charge in [-0.1, -0.05) is 32.1 Å². The number of nitrogens with zero attached hydrogens (tertiary/aromatic N) is 4. The Morgan fingerprint density at radius 3 is 2.43 bits per heavy atom.